The minimum atomic E-state index is -1.11. The van der Waals surface area contributed by atoms with E-state index in [2.05, 4.69) is 4.98 Å². The minimum absolute atomic E-state index is 0.0606. The Labute approximate surface area is 124 Å². The molecule has 0 amide bonds. The quantitative estimate of drug-likeness (QED) is 0.805. The maximum atomic E-state index is 12.5. The van der Waals surface area contributed by atoms with Crippen molar-refractivity contribution >= 4 is 27.7 Å². The van der Waals surface area contributed by atoms with Gasteiger partial charge in [0, 0.05) is 25.2 Å². The molecule has 0 spiro atoms. The maximum absolute atomic E-state index is 12.5. The van der Waals surface area contributed by atoms with E-state index in [1.807, 2.05) is 30.3 Å². The fourth-order valence-corrected chi connectivity index (χ4v) is 3.15. The second kappa shape index (κ2) is 5.14. The lowest BCUT2D eigenvalue weighted by Crippen LogP contribution is -2.12. The third-order valence-corrected chi connectivity index (χ3v) is 4.24. The summed E-state index contributed by atoms with van der Waals surface area (Å²) >= 11 is 0.927. The molecule has 0 saturated heterocycles. The summed E-state index contributed by atoms with van der Waals surface area (Å²) in [4.78, 5) is 27.5. The second-order valence-electron chi connectivity index (χ2n) is 4.73. The van der Waals surface area contributed by atoms with Crippen LogP contribution in [-0.4, -0.2) is 20.6 Å². The predicted octanol–water partition coefficient (Wildman–Crippen LogP) is 2.28. The molecule has 3 rings (SSSR count). The molecule has 21 heavy (non-hydrogen) atoms. The Bertz CT molecular complexity index is 881. The Morgan fingerprint density at radius 1 is 1.33 bits per heavy atom. The van der Waals surface area contributed by atoms with E-state index in [0.29, 0.717) is 22.3 Å². The van der Waals surface area contributed by atoms with Gasteiger partial charge < -0.3 is 9.67 Å². The molecule has 0 aliphatic rings. The fourth-order valence-electron chi connectivity index (χ4n) is 2.23. The zero-order valence-corrected chi connectivity index (χ0v) is 12.1. The van der Waals surface area contributed by atoms with E-state index in [1.165, 1.54) is 0 Å². The lowest BCUT2D eigenvalue weighted by Gasteiger charge is -2.05. The first-order valence-corrected chi connectivity index (χ1v) is 7.14. The highest BCUT2D eigenvalue weighted by Gasteiger charge is 2.16. The molecular formula is C15H12N2O3S. The number of hydrogen-bond acceptors (Lipinski definition) is 4. The summed E-state index contributed by atoms with van der Waals surface area (Å²) in [6.45, 7) is 0. The summed E-state index contributed by atoms with van der Waals surface area (Å²) in [6.07, 6.45) is 2.24. The summed E-state index contributed by atoms with van der Waals surface area (Å²) in [7, 11) is 1.77. The number of fused-ring (bicyclic) bond motifs is 1. The summed E-state index contributed by atoms with van der Waals surface area (Å²) in [5.41, 5.74) is 1.95. The van der Waals surface area contributed by atoms with Crippen molar-refractivity contribution in [1.82, 2.24) is 9.55 Å². The standard InChI is InChI=1S/C15H12N2O3S/c1-17-8-10(7-9-5-3-2-4-6-9)11(18)12-13(17)16-14(21-12)15(19)20/h2-6,8H,7H2,1H3,(H,19,20). The molecule has 0 radical (unpaired) electrons. The van der Waals surface area contributed by atoms with Crippen LogP contribution in [0.25, 0.3) is 10.3 Å². The van der Waals surface area contributed by atoms with E-state index in [0.717, 1.165) is 16.9 Å². The summed E-state index contributed by atoms with van der Waals surface area (Å²) < 4.78 is 2.10. The number of nitrogens with zero attached hydrogens (tertiary/aromatic N) is 2. The van der Waals surface area contributed by atoms with Crippen molar-refractivity contribution in [2.45, 2.75) is 6.42 Å². The topological polar surface area (TPSA) is 72.2 Å². The fraction of sp³-hybridized carbons (Fsp3) is 0.133. The molecule has 2 aromatic heterocycles. The average Bonchev–Trinajstić information content (AvgIpc) is 2.92. The van der Waals surface area contributed by atoms with E-state index in [4.69, 9.17) is 5.11 Å². The van der Waals surface area contributed by atoms with Crippen LogP contribution in [0, 0.1) is 0 Å². The van der Waals surface area contributed by atoms with Gasteiger partial charge in [-0.1, -0.05) is 30.3 Å². The number of rotatable bonds is 3. The van der Waals surface area contributed by atoms with Gasteiger partial charge in [-0.05, 0) is 5.56 Å². The number of hydrogen-bond donors (Lipinski definition) is 1. The van der Waals surface area contributed by atoms with Crippen LogP contribution >= 0.6 is 11.3 Å². The molecule has 0 aliphatic heterocycles. The van der Waals surface area contributed by atoms with Gasteiger partial charge in [0.15, 0.2) is 5.65 Å². The Morgan fingerprint density at radius 3 is 2.71 bits per heavy atom. The van der Waals surface area contributed by atoms with Crippen LogP contribution < -0.4 is 5.43 Å². The zero-order valence-electron chi connectivity index (χ0n) is 11.2. The Morgan fingerprint density at radius 2 is 2.05 bits per heavy atom. The van der Waals surface area contributed by atoms with Gasteiger partial charge in [0.25, 0.3) is 0 Å². The molecular weight excluding hydrogens is 288 g/mol. The van der Waals surface area contributed by atoms with Crippen LogP contribution in [0.15, 0.2) is 41.3 Å². The minimum Gasteiger partial charge on any atom is -0.476 e. The van der Waals surface area contributed by atoms with E-state index >= 15 is 0 Å². The van der Waals surface area contributed by atoms with Gasteiger partial charge in [0.05, 0.1) is 0 Å². The normalized spacial score (nSPS) is 10.9. The lowest BCUT2D eigenvalue weighted by molar-refractivity contribution is 0.0696. The van der Waals surface area contributed by atoms with Gasteiger partial charge >= 0.3 is 5.97 Å². The number of thiazole rings is 1. The molecule has 0 unspecified atom stereocenters. The van der Waals surface area contributed by atoms with Crippen LogP contribution in [0.1, 0.15) is 20.9 Å². The Hall–Kier alpha value is -2.47. The summed E-state index contributed by atoms with van der Waals surface area (Å²) in [5, 5.41) is 8.95. The highest BCUT2D eigenvalue weighted by Crippen LogP contribution is 2.20. The first-order chi connectivity index (χ1) is 10.1. The van der Waals surface area contributed by atoms with Crippen LogP contribution in [0.5, 0.6) is 0 Å². The number of aromatic carboxylic acids is 1. The van der Waals surface area contributed by atoms with Crippen molar-refractivity contribution in [1.29, 1.82) is 0 Å². The summed E-state index contributed by atoms with van der Waals surface area (Å²) in [5.74, 6) is -1.11. The van der Waals surface area contributed by atoms with Gasteiger partial charge in [-0.15, -0.1) is 11.3 Å². The van der Waals surface area contributed by atoms with Gasteiger partial charge in [-0.2, -0.15) is 0 Å². The maximum Gasteiger partial charge on any atom is 0.365 e. The van der Waals surface area contributed by atoms with Crippen molar-refractivity contribution < 1.29 is 9.90 Å². The molecule has 6 heteroatoms. The lowest BCUT2D eigenvalue weighted by atomic mass is 10.1. The van der Waals surface area contributed by atoms with Crippen molar-refractivity contribution in [2.24, 2.45) is 7.05 Å². The molecule has 0 aliphatic carbocycles. The second-order valence-corrected chi connectivity index (χ2v) is 5.73. The predicted molar refractivity (Wildman–Crippen MR) is 81.1 cm³/mol. The Kier molecular flexibility index (Phi) is 3.31. The van der Waals surface area contributed by atoms with Crippen LogP contribution in [0.2, 0.25) is 0 Å². The molecule has 3 aromatic rings. The molecule has 2 heterocycles. The van der Waals surface area contributed by atoms with Gasteiger partial charge in [-0.25, -0.2) is 9.78 Å². The largest absolute Gasteiger partial charge is 0.476 e. The van der Waals surface area contributed by atoms with Gasteiger partial charge in [0.1, 0.15) is 4.70 Å². The van der Waals surface area contributed by atoms with Crippen molar-refractivity contribution in [3.8, 4) is 0 Å². The number of benzene rings is 1. The third kappa shape index (κ3) is 2.45. The summed E-state index contributed by atoms with van der Waals surface area (Å²) in [6, 6.07) is 9.69. The third-order valence-electron chi connectivity index (χ3n) is 3.21. The van der Waals surface area contributed by atoms with Crippen LogP contribution in [-0.2, 0) is 13.5 Å². The van der Waals surface area contributed by atoms with Crippen molar-refractivity contribution in [3.63, 3.8) is 0 Å². The van der Waals surface area contributed by atoms with Crippen LogP contribution in [0.4, 0.5) is 0 Å². The zero-order chi connectivity index (χ0) is 15.0. The first-order valence-electron chi connectivity index (χ1n) is 6.32. The van der Waals surface area contributed by atoms with Crippen LogP contribution in [0.3, 0.4) is 0 Å². The van der Waals surface area contributed by atoms with Gasteiger partial charge in [-0.3, -0.25) is 4.79 Å². The molecule has 106 valence electrons. The van der Waals surface area contributed by atoms with Crippen molar-refractivity contribution in [3.05, 3.63) is 62.9 Å². The number of carboxylic acid groups (broad SMARTS) is 1. The SMILES string of the molecule is Cn1cc(Cc2ccccc2)c(=O)c2sc(C(=O)O)nc21. The molecule has 0 bridgehead atoms. The molecule has 0 atom stereocenters. The van der Waals surface area contributed by atoms with E-state index in [9.17, 15) is 9.59 Å². The van der Waals surface area contributed by atoms with Gasteiger partial charge in [0.2, 0.25) is 10.4 Å². The smallest absolute Gasteiger partial charge is 0.365 e. The molecule has 1 N–H and O–H groups in total. The Balaban J connectivity index is 2.15. The average molecular weight is 300 g/mol. The highest BCUT2D eigenvalue weighted by molar-refractivity contribution is 7.20. The van der Waals surface area contributed by atoms with E-state index in [-0.39, 0.29) is 10.4 Å². The number of pyridine rings is 1. The monoisotopic (exact) mass is 300 g/mol. The van der Waals surface area contributed by atoms with E-state index < -0.39 is 5.97 Å². The molecule has 1 aromatic carbocycles. The molecule has 5 nitrogen and oxygen atoms in total. The number of carboxylic acids is 1. The first kappa shape index (κ1) is 13.5. The highest BCUT2D eigenvalue weighted by atomic mass is 32.1. The molecule has 0 fully saturated rings. The number of aryl methyl sites for hydroxylation is 1. The molecule has 0 saturated carbocycles. The number of carbonyl (C=O) groups is 1. The number of aromatic nitrogens is 2. The van der Waals surface area contributed by atoms with Crippen molar-refractivity contribution in [2.75, 3.05) is 0 Å². The van der Waals surface area contributed by atoms with E-state index in [1.54, 1.807) is 17.8 Å².